The lowest BCUT2D eigenvalue weighted by Gasteiger charge is -2.37. The van der Waals surface area contributed by atoms with Gasteiger partial charge in [-0.2, -0.15) is 10.2 Å². The van der Waals surface area contributed by atoms with E-state index in [1.807, 2.05) is 36.4 Å². The predicted octanol–water partition coefficient (Wildman–Crippen LogP) is 4.69. The van der Waals surface area contributed by atoms with Crippen LogP contribution in [0.25, 0.3) is 5.69 Å². The Labute approximate surface area is 287 Å². The highest BCUT2D eigenvalue weighted by molar-refractivity contribution is 5.54. The second kappa shape index (κ2) is 13.7. The van der Waals surface area contributed by atoms with Gasteiger partial charge in [0.05, 0.1) is 18.3 Å². The third kappa shape index (κ3) is 6.48. The lowest BCUT2D eigenvalue weighted by molar-refractivity contribution is -0.192. The van der Waals surface area contributed by atoms with E-state index in [-0.39, 0.29) is 37.1 Å². The highest BCUT2D eigenvalue weighted by Gasteiger charge is 2.46. The quantitative estimate of drug-likeness (QED) is 0.207. The molecule has 0 amide bonds. The van der Waals surface area contributed by atoms with Gasteiger partial charge in [-0.15, -0.1) is 0 Å². The molecule has 50 heavy (non-hydrogen) atoms. The second-order valence-electron chi connectivity index (χ2n) is 13.0. The Morgan fingerprint density at radius 2 is 1.52 bits per heavy atom. The maximum atomic E-state index is 14.9. The summed E-state index contributed by atoms with van der Waals surface area (Å²) in [6.07, 6.45) is 8.32. The number of aromatic nitrogens is 6. The van der Waals surface area contributed by atoms with Crippen LogP contribution in [0.15, 0.2) is 90.5 Å². The zero-order chi connectivity index (χ0) is 34.1. The monoisotopic (exact) mass is 684 g/mol. The van der Waals surface area contributed by atoms with Crippen LogP contribution in [0.1, 0.15) is 37.3 Å². The first-order valence-electron chi connectivity index (χ1n) is 17.0. The average Bonchev–Trinajstić information content (AvgIpc) is 3.97. The number of piperazine rings is 1. The fourth-order valence-corrected chi connectivity index (χ4v) is 7.16. The standard InChI is InChI=1S/C36H38F2N8O4/c37-26-5-14-33(34(38)19-26)36(22-44-24-39-23-40-44)49-21-32(50-36)20-48-31-12-10-28(11-13-31)43-17-15-42(16-18-43)27-6-8-29(9-7-27)45-25-41-46(35(45)47)30-3-1-2-4-30/h5-14,19,23-25,30,32H,1-4,15-18,20-22H2/t32-,36-/m1/s1. The molecule has 0 radical (unpaired) electrons. The van der Waals surface area contributed by atoms with Crippen molar-refractivity contribution in [2.75, 3.05) is 49.2 Å². The van der Waals surface area contributed by atoms with Gasteiger partial charge in [0.25, 0.3) is 0 Å². The van der Waals surface area contributed by atoms with E-state index >= 15 is 0 Å². The first kappa shape index (κ1) is 32.1. The first-order chi connectivity index (χ1) is 24.4. The minimum absolute atomic E-state index is 0.0352. The molecule has 3 fully saturated rings. The molecule has 260 valence electrons. The molecule has 0 spiro atoms. The van der Waals surface area contributed by atoms with E-state index in [1.54, 1.807) is 15.6 Å². The molecule has 4 heterocycles. The van der Waals surface area contributed by atoms with Gasteiger partial charge in [-0.05, 0) is 73.5 Å². The van der Waals surface area contributed by atoms with E-state index in [1.165, 1.54) is 29.5 Å². The number of anilines is 2. The number of ether oxygens (including phenoxy) is 3. The Kier molecular flexibility index (Phi) is 8.79. The Bertz CT molecular complexity index is 1950. The summed E-state index contributed by atoms with van der Waals surface area (Å²) < 4.78 is 51.6. The fourth-order valence-electron chi connectivity index (χ4n) is 7.16. The lowest BCUT2D eigenvalue weighted by atomic mass is 10.0. The van der Waals surface area contributed by atoms with Crippen LogP contribution in [0.2, 0.25) is 0 Å². The molecule has 1 aliphatic carbocycles. The van der Waals surface area contributed by atoms with Gasteiger partial charge in [0.2, 0.25) is 5.79 Å². The summed E-state index contributed by atoms with van der Waals surface area (Å²) in [6.45, 7) is 3.81. The van der Waals surface area contributed by atoms with Crippen molar-refractivity contribution in [3.8, 4) is 11.4 Å². The smallest absolute Gasteiger partial charge is 0.350 e. The predicted molar refractivity (Wildman–Crippen MR) is 181 cm³/mol. The Morgan fingerprint density at radius 1 is 0.840 bits per heavy atom. The third-order valence-electron chi connectivity index (χ3n) is 9.81. The Morgan fingerprint density at radius 3 is 2.18 bits per heavy atom. The summed E-state index contributed by atoms with van der Waals surface area (Å²) in [5.41, 5.74) is 3.06. The molecule has 2 atom stereocenters. The van der Waals surface area contributed by atoms with Crippen LogP contribution < -0.4 is 20.2 Å². The zero-order valence-electron chi connectivity index (χ0n) is 27.5. The van der Waals surface area contributed by atoms with Gasteiger partial charge in [-0.1, -0.05) is 12.8 Å². The van der Waals surface area contributed by atoms with Crippen LogP contribution in [-0.2, 0) is 21.8 Å². The van der Waals surface area contributed by atoms with Crippen LogP contribution in [0.5, 0.6) is 5.75 Å². The average molecular weight is 685 g/mol. The Balaban J connectivity index is 0.846. The highest BCUT2D eigenvalue weighted by Crippen LogP contribution is 2.38. The molecule has 14 heteroatoms. The molecule has 2 aromatic heterocycles. The van der Waals surface area contributed by atoms with E-state index in [2.05, 4.69) is 37.1 Å². The maximum absolute atomic E-state index is 14.9. The molecule has 2 saturated heterocycles. The van der Waals surface area contributed by atoms with Gasteiger partial charge in [0.1, 0.15) is 55.6 Å². The summed E-state index contributed by atoms with van der Waals surface area (Å²) in [4.78, 5) is 21.6. The second-order valence-corrected chi connectivity index (χ2v) is 13.0. The van der Waals surface area contributed by atoms with Crippen molar-refractivity contribution in [2.24, 2.45) is 0 Å². The molecule has 0 unspecified atom stereocenters. The van der Waals surface area contributed by atoms with E-state index < -0.39 is 23.5 Å². The van der Waals surface area contributed by atoms with Crippen molar-refractivity contribution in [3.05, 3.63) is 113 Å². The molecule has 8 rings (SSSR count). The minimum Gasteiger partial charge on any atom is -0.491 e. The van der Waals surface area contributed by atoms with Gasteiger partial charge in [0, 0.05) is 49.2 Å². The summed E-state index contributed by atoms with van der Waals surface area (Å²) >= 11 is 0. The highest BCUT2D eigenvalue weighted by atomic mass is 19.1. The van der Waals surface area contributed by atoms with Gasteiger partial charge < -0.3 is 24.0 Å². The molecule has 12 nitrogen and oxygen atoms in total. The lowest BCUT2D eigenvalue weighted by Crippen LogP contribution is -2.46. The number of hydrogen-bond acceptors (Lipinski definition) is 9. The molecule has 3 aromatic carbocycles. The van der Waals surface area contributed by atoms with Crippen LogP contribution in [0.4, 0.5) is 20.2 Å². The number of benzene rings is 3. The van der Waals surface area contributed by atoms with Gasteiger partial charge in [-0.3, -0.25) is 0 Å². The molecule has 0 bridgehead atoms. The number of nitrogens with zero attached hydrogens (tertiary/aromatic N) is 8. The van der Waals surface area contributed by atoms with Crippen LogP contribution in [-0.4, -0.2) is 74.6 Å². The van der Waals surface area contributed by atoms with E-state index in [4.69, 9.17) is 14.2 Å². The fraction of sp³-hybridized carbons (Fsp3) is 0.389. The van der Waals surface area contributed by atoms with Crippen molar-refractivity contribution < 1.29 is 23.0 Å². The number of hydrogen-bond donors (Lipinski definition) is 0. The molecular weight excluding hydrogens is 646 g/mol. The molecule has 3 aliphatic rings. The molecular formula is C36H38F2N8O4. The minimum atomic E-state index is -1.51. The van der Waals surface area contributed by atoms with Gasteiger partial charge >= 0.3 is 5.69 Å². The van der Waals surface area contributed by atoms with Crippen molar-refractivity contribution in [1.29, 1.82) is 0 Å². The number of rotatable bonds is 10. The van der Waals surface area contributed by atoms with Crippen LogP contribution >= 0.6 is 0 Å². The normalized spacial score (nSPS) is 21.3. The van der Waals surface area contributed by atoms with Crippen molar-refractivity contribution in [2.45, 2.75) is 50.2 Å². The number of halogens is 2. The molecule has 2 aliphatic heterocycles. The molecule has 5 aromatic rings. The van der Waals surface area contributed by atoms with Crippen LogP contribution in [0.3, 0.4) is 0 Å². The third-order valence-corrected chi connectivity index (χ3v) is 9.81. The zero-order valence-corrected chi connectivity index (χ0v) is 27.5. The summed E-state index contributed by atoms with van der Waals surface area (Å²) in [6, 6.07) is 19.6. The van der Waals surface area contributed by atoms with Crippen molar-refractivity contribution in [3.63, 3.8) is 0 Å². The van der Waals surface area contributed by atoms with E-state index in [0.29, 0.717) is 5.75 Å². The van der Waals surface area contributed by atoms with E-state index in [9.17, 15) is 13.6 Å². The summed E-state index contributed by atoms with van der Waals surface area (Å²) in [5, 5.41) is 8.50. The summed E-state index contributed by atoms with van der Waals surface area (Å²) in [5.74, 6) is -2.29. The maximum Gasteiger partial charge on any atom is 0.350 e. The first-order valence-corrected chi connectivity index (χ1v) is 17.0. The topological polar surface area (TPSA) is 105 Å². The van der Waals surface area contributed by atoms with E-state index in [0.717, 1.165) is 75.0 Å². The summed E-state index contributed by atoms with van der Waals surface area (Å²) in [7, 11) is 0. The van der Waals surface area contributed by atoms with Gasteiger partial charge in [0.15, 0.2) is 0 Å². The molecule has 0 N–H and O–H groups in total. The SMILES string of the molecule is O=c1n(-c2ccc(N3CCN(c4ccc(OC[C@@H]5CO[C@@](Cn6cncn6)(c6ccc(F)cc6F)O5)cc4)CC3)cc2)cnn1C1CCCC1. The molecule has 1 saturated carbocycles. The van der Waals surface area contributed by atoms with Gasteiger partial charge in [-0.25, -0.2) is 32.5 Å². The largest absolute Gasteiger partial charge is 0.491 e. The van der Waals surface area contributed by atoms with Crippen molar-refractivity contribution in [1.82, 2.24) is 29.1 Å². The van der Waals surface area contributed by atoms with Crippen LogP contribution in [0, 0.1) is 11.6 Å². The van der Waals surface area contributed by atoms with Crippen molar-refractivity contribution >= 4 is 11.4 Å². The Hall–Kier alpha value is -5.08.